The normalized spacial score (nSPS) is 17.2. The summed E-state index contributed by atoms with van der Waals surface area (Å²) in [4.78, 5) is 14.1. The summed E-state index contributed by atoms with van der Waals surface area (Å²) in [6, 6.07) is 18.9. The van der Waals surface area contributed by atoms with Crippen LogP contribution in [0.3, 0.4) is 0 Å². The lowest BCUT2D eigenvalue weighted by Gasteiger charge is -2.42. The number of carbonyl (C=O) groups excluding carboxylic acids is 1. The van der Waals surface area contributed by atoms with E-state index in [2.05, 4.69) is 65.7 Å². The van der Waals surface area contributed by atoms with E-state index >= 15 is 0 Å². The molecule has 1 aliphatic rings. The number of aryl methyl sites for hydroxylation is 1. The summed E-state index contributed by atoms with van der Waals surface area (Å²) in [5, 5.41) is 3.61. The molecule has 0 aromatic heterocycles. The predicted molar refractivity (Wildman–Crippen MR) is 102 cm³/mol. The Balaban J connectivity index is 1.66. The molecule has 0 radical (unpaired) electrons. The summed E-state index contributed by atoms with van der Waals surface area (Å²) < 4.78 is 0. The zero-order valence-corrected chi connectivity index (χ0v) is 14.9. The van der Waals surface area contributed by atoms with Crippen LogP contribution in [0, 0.1) is 6.92 Å². The molecule has 1 saturated heterocycles. The van der Waals surface area contributed by atoms with Crippen LogP contribution in [-0.2, 0) is 11.3 Å². The van der Waals surface area contributed by atoms with Gasteiger partial charge in [0.15, 0.2) is 0 Å². The lowest BCUT2D eigenvalue weighted by atomic mass is 9.83. The SMILES string of the molecule is Cc1ccc(NC2(CC(N)=O)CCN(Cc3ccccc3)CC2)cc1. The lowest BCUT2D eigenvalue weighted by Crippen LogP contribution is -2.51. The third kappa shape index (κ3) is 4.83. The van der Waals surface area contributed by atoms with Gasteiger partial charge in [-0.1, -0.05) is 48.0 Å². The summed E-state index contributed by atoms with van der Waals surface area (Å²) >= 11 is 0. The average Bonchev–Trinajstić information content (AvgIpc) is 2.60. The maximum Gasteiger partial charge on any atom is 0.219 e. The summed E-state index contributed by atoms with van der Waals surface area (Å²) in [6.07, 6.45) is 2.20. The molecule has 0 saturated carbocycles. The van der Waals surface area contributed by atoms with Crippen molar-refractivity contribution in [2.45, 2.75) is 38.3 Å². The van der Waals surface area contributed by atoms with Gasteiger partial charge in [-0.15, -0.1) is 0 Å². The first kappa shape index (κ1) is 17.5. The van der Waals surface area contributed by atoms with Crippen LogP contribution < -0.4 is 11.1 Å². The third-order valence-corrected chi connectivity index (χ3v) is 5.04. The van der Waals surface area contributed by atoms with Gasteiger partial charge >= 0.3 is 0 Å². The highest BCUT2D eigenvalue weighted by molar-refractivity contribution is 5.76. The number of nitrogens with one attached hydrogen (secondary N) is 1. The van der Waals surface area contributed by atoms with Crippen molar-refractivity contribution in [2.24, 2.45) is 5.73 Å². The Bertz CT molecular complexity index is 689. The van der Waals surface area contributed by atoms with Crippen LogP contribution in [0.1, 0.15) is 30.4 Å². The van der Waals surface area contributed by atoms with E-state index in [0.717, 1.165) is 38.2 Å². The molecule has 1 heterocycles. The molecule has 0 bridgehead atoms. The largest absolute Gasteiger partial charge is 0.379 e. The van der Waals surface area contributed by atoms with Crippen molar-refractivity contribution >= 4 is 11.6 Å². The summed E-state index contributed by atoms with van der Waals surface area (Å²) in [5.41, 5.74) is 8.93. The minimum Gasteiger partial charge on any atom is -0.379 e. The number of carbonyl (C=O) groups is 1. The highest BCUT2D eigenvalue weighted by Crippen LogP contribution is 2.31. The third-order valence-electron chi connectivity index (χ3n) is 5.04. The lowest BCUT2D eigenvalue weighted by molar-refractivity contribution is -0.119. The van der Waals surface area contributed by atoms with E-state index in [4.69, 9.17) is 5.73 Å². The summed E-state index contributed by atoms with van der Waals surface area (Å²) in [6.45, 7) is 4.95. The van der Waals surface area contributed by atoms with Gasteiger partial charge in [-0.25, -0.2) is 0 Å². The molecule has 3 rings (SSSR count). The molecule has 0 aliphatic carbocycles. The molecule has 4 heteroatoms. The number of hydrogen-bond acceptors (Lipinski definition) is 3. The van der Waals surface area contributed by atoms with Crippen LogP contribution >= 0.6 is 0 Å². The monoisotopic (exact) mass is 337 g/mol. The number of anilines is 1. The van der Waals surface area contributed by atoms with Crippen LogP contribution in [0.5, 0.6) is 0 Å². The Morgan fingerprint density at radius 3 is 2.32 bits per heavy atom. The second kappa shape index (κ2) is 7.70. The second-order valence-electron chi connectivity index (χ2n) is 7.18. The van der Waals surface area contributed by atoms with Gasteiger partial charge in [-0.3, -0.25) is 9.69 Å². The summed E-state index contributed by atoms with van der Waals surface area (Å²) in [7, 11) is 0. The van der Waals surface area contributed by atoms with Gasteiger partial charge in [0.05, 0.1) is 0 Å². The molecule has 2 aromatic carbocycles. The van der Waals surface area contributed by atoms with E-state index in [1.54, 1.807) is 0 Å². The van der Waals surface area contributed by atoms with E-state index < -0.39 is 0 Å². The van der Waals surface area contributed by atoms with Gasteiger partial charge in [0.25, 0.3) is 0 Å². The van der Waals surface area contributed by atoms with Crippen molar-refractivity contribution in [1.29, 1.82) is 0 Å². The maximum atomic E-state index is 11.7. The number of likely N-dealkylation sites (tertiary alicyclic amines) is 1. The minimum absolute atomic E-state index is 0.240. The molecule has 1 aliphatic heterocycles. The first-order valence-electron chi connectivity index (χ1n) is 8.94. The molecule has 25 heavy (non-hydrogen) atoms. The van der Waals surface area contributed by atoms with Crippen molar-refractivity contribution < 1.29 is 4.79 Å². The van der Waals surface area contributed by atoms with E-state index in [9.17, 15) is 4.79 Å². The van der Waals surface area contributed by atoms with Crippen LogP contribution in [0.25, 0.3) is 0 Å². The molecule has 1 fully saturated rings. The Labute approximate surface area is 150 Å². The number of benzene rings is 2. The standard InChI is InChI=1S/C21H27N3O/c1-17-7-9-19(10-8-17)23-21(15-20(22)25)11-13-24(14-12-21)16-18-5-3-2-4-6-18/h2-10,23H,11-16H2,1H3,(H2,22,25). The number of rotatable bonds is 6. The van der Waals surface area contributed by atoms with Gasteiger partial charge in [0, 0.05) is 37.3 Å². The fourth-order valence-electron chi connectivity index (χ4n) is 3.60. The number of nitrogens with zero attached hydrogens (tertiary/aromatic N) is 1. The Morgan fingerprint density at radius 1 is 1.08 bits per heavy atom. The molecule has 1 amide bonds. The van der Waals surface area contributed by atoms with Gasteiger partial charge in [-0.2, -0.15) is 0 Å². The van der Waals surface area contributed by atoms with E-state index in [1.165, 1.54) is 11.1 Å². The molecule has 0 unspecified atom stereocenters. The summed E-state index contributed by atoms with van der Waals surface area (Å²) in [5.74, 6) is -0.240. The molecule has 132 valence electrons. The van der Waals surface area contributed by atoms with Gasteiger partial charge in [0.2, 0.25) is 5.91 Å². The zero-order chi connectivity index (χ0) is 17.7. The van der Waals surface area contributed by atoms with Crippen molar-refractivity contribution in [2.75, 3.05) is 18.4 Å². The number of nitrogens with two attached hydrogens (primary N) is 1. The zero-order valence-electron chi connectivity index (χ0n) is 14.9. The van der Waals surface area contributed by atoms with E-state index in [0.29, 0.717) is 6.42 Å². The highest BCUT2D eigenvalue weighted by atomic mass is 16.1. The number of amides is 1. The van der Waals surface area contributed by atoms with Gasteiger partial charge < -0.3 is 11.1 Å². The Morgan fingerprint density at radius 2 is 1.72 bits per heavy atom. The van der Waals surface area contributed by atoms with Gasteiger partial charge in [-0.05, 0) is 37.5 Å². The smallest absolute Gasteiger partial charge is 0.219 e. The molecule has 0 atom stereocenters. The van der Waals surface area contributed by atoms with E-state index in [-0.39, 0.29) is 11.4 Å². The van der Waals surface area contributed by atoms with Crippen molar-refractivity contribution in [3.63, 3.8) is 0 Å². The fourth-order valence-corrected chi connectivity index (χ4v) is 3.60. The predicted octanol–water partition coefficient (Wildman–Crippen LogP) is 3.32. The van der Waals surface area contributed by atoms with Crippen molar-refractivity contribution in [3.05, 3.63) is 65.7 Å². The van der Waals surface area contributed by atoms with Crippen molar-refractivity contribution in [1.82, 2.24) is 4.90 Å². The van der Waals surface area contributed by atoms with Crippen LogP contribution in [0.15, 0.2) is 54.6 Å². The molecular formula is C21H27N3O. The quantitative estimate of drug-likeness (QED) is 0.850. The van der Waals surface area contributed by atoms with Gasteiger partial charge in [0.1, 0.15) is 0 Å². The van der Waals surface area contributed by atoms with Crippen LogP contribution in [0.4, 0.5) is 5.69 Å². The van der Waals surface area contributed by atoms with E-state index in [1.807, 2.05) is 6.07 Å². The fraction of sp³-hybridized carbons (Fsp3) is 0.381. The molecule has 4 nitrogen and oxygen atoms in total. The first-order chi connectivity index (χ1) is 12.0. The molecule has 0 spiro atoms. The highest BCUT2D eigenvalue weighted by Gasteiger charge is 2.36. The number of piperidine rings is 1. The van der Waals surface area contributed by atoms with Crippen molar-refractivity contribution in [3.8, 4) is 0 Å². The Kier molecular flexibility index (Phi) is 5.39. The topological polar surface area (TPSA) is 58.4 Å². The molecule has 3 N–H and O–H groups in total. The second-order valence-corrected chi connectivity index (χ2v) is 7.18. The van der Waals surface area contributed by atoms with Crippen LogP contribution in [0.2, 0.25) is 0 Å². The number of primary amides is 1. The molecule has 2 aromatic rings. The average molecular weight is 337 g/mol. The molecular weight excluding hydrogens is 310 g/mol. The number of hydrogen-bond donors (Lipinski definition) is 2. The van der Waals surface area contributed by atoms with Crippen LogP contribution in [-0.4, -0.2) is 29.4 Å². The minimum atomic E-state index is -0.242. The Hall–Kier alpha value is -2.33. The maximum absolute atomic E-state index is 11.7. The first-order valence-corrected chi connectivity index (χ1v) is 8.94.